The Morgan fingerprint density at radius 3 is 2.69 bits per heavy atom. The Labute approximate surface area is 163 Å². The Bertz CT molecular complexity index is 704. The zero-order chi connectivity index (χ0) is 18.9. The van der Waals surface area contributed by atoms with Crippen molar-refractivity contribution in [1.29, 1.82) is 0 Å². The molecule has 26 heavy (non-hydrogen) atoms. The van der Waals surface area contributed by atoms with Gasteiger partial charge in [-0.1, -0.05) is 56.0 Å². The second kappa shape index (κ2) is 10.4. The van der Waals surface area contributed by atoms with E-state index in [0.717, 1.165) is 18.4 Å². The number of nitrogens with one attached hydrogen (secondary N) is 1. The normalized spacial score (nSPS) is 12.1. The van der Waals surface area contributed by atoms with Crippen molar-refractivity contribution in [1.82, 2.24) is 20.2 Å². The van der Waals surface area contributed by atoms with Crippen LogP contribution in [0, 0.1) is 0 Å². The Hall–Kier alpha value is -1.73. The minimum Gasteiger partial charge on any atom is -0.353 e. The number of halogens is 1. The second-order valence-corrected chi connectivity index (χ2v) is 7.67. The highest BCUT2D eigenvalue weighted by Crippen LogP contribution is 2.22. The number of carbonyl (C=O) groups excluding carboxylic acids is 1. The number of thioether (sulfide) groups is 1. The van der Waals surface area contributed by atoms with Gasteiger partial charge in [-0.05, 0) is 37.6 Å². The number of benzene rings is 1. The molecule has 0 aliphatic heterocycles. The number of nitrogen functional groups attached to an aromatic ring is 1. The molecule has 2 rings (SSSR count). The lowest BCUT2D eigenvalue weighted by Gasteiger charge is -2.13. The number of unbranched alkanes of at least 4 members (excludes halogenated alkanes) is 3. The summed E-state index contributed by atoms with van der Waals surface area (Å²) in [6.45, 7) is 4.23. The first-order chi connectivity index (χ1) is 12.5. The number of rotatable bonds is 10. The summed E-state index contributed by atoms with van der Waals surface area (Å²) in [5.74, 6) is 6.84. The summed E-state index contributed by atoms with van der Waals surface area (Å²) in [5.41, 5.74) is 0.821. The molecule has 1 aromatic heterocycles. The van der Waals surface area contributed by atoms with E-state index in [-0.39, 0.29) is 17.7 Å². The van der Waals surface area contributed by atoms with Crippen molar-refractivity contribution in [2.45, 2.75) is 57.1 Å². The van der Waals surface area contributed by atoms with Gasteiger partial charge in [-0.15, -0.1) is 10.2 Å². The van der Waals surface area contributed by atoms with E-state index >= 15 is 0 Å². The predicted octanol–water partition coefficient (Wildman–Crippen LogP) is 3.88. The Morgan fingerprint density at radius 2 is 2.00 bits per heavy atom. The molecular weight excluding hydrogens is 370 g/mol. The van der Waals surface area contributed by atoms with E-state index in [4.69, 9.17) is 17.4 Å². The number of hydrogen-bond acceptors (Lipinski definition) is 5. The van der Waals surface area contributed by atoms with Crippen LogP contribution in [-0.4, -0.2) is 32.6 Å². The average Bonchev–Trinajstić information content (AvgIpc) is 2.98. The fraction of sp³-hybridized carbons (Fsp3) is 0.500. The van der Waals surface area contributed by atoms with Gasteiger partial charge in [-0.3, -0.25) is 4.79 Å². The second-order valence-electron chi connectivity index (χ2n) is 6.29. The van der Waals surface area contributed by atoms with Crippen molar-refractivity contribution < 1.29 is 4.79 Å². The van der Waals surface area contributed by atoms with Gasteiger partial charge in [0.1, 0.15) is 0 Å². The van der Waals surface area contributed by atoms with Crippen LogP contribution in [0.15, 0.2) is 29.4 Å². The van der Waals surface area contributed by atoms with Crippen LogP contribution in [0.1, 0.15) is 46.0 Å². The van der Waals surface area contributed by atoms with E-state index < -0.39 is 0 Å². The average molecular weight is 396 g/mol. The molecule has 1 amide bonds. The van der Waals surface area contributed by atoms with Crippen LogP contribution < -0.4 is 11.2 Å². The first kappa shape index (κ1) is 20.6. The lowest BCUT2D eigenvalue weighted by atomic mass is 10.1. The summed E-state index contributed by atoms with van der Waals surface area (Å²) >= 11 is 7.17. The number of nitrogens with two attached hydrogens (primary N) is 1. The highest BCUT2D eigenvalue weighted by molar-refractivity contribution is 7.99. The van der Waals surface area contributed by atoms with Crippen LogP contribution in [0.2, 0.25) is 5.02 Å². The summed E-state index contributed by atoms with van der Waals surface area (Å²) in [6, 6.07) is 7.38. The summed E-state index contributed by atoms with van der Waals surface area (Å²) in [4.78, 5) is 12.1. The van der Waals surface area contributed by atoms with Crippen LogP contribution in [0.4, 0.5) is 0 Å². The molecule has 1 heterocycles. The largest absolute Gasteiger partial charge is 0.353 e. The van der Waals surface area contributed by atoms with Crippen molar-refractivity contribution in [2.75, 3.05) is 11.6 Å². The van der Waals surface area contributed by atoms with Gasteiger partial charge in [-0.25, -0.2) is 4.68 Å². The molecular formula is C18H26ClN5OS. The third-order valence-electron chi connectivity index (χ3n) is 4.00. The topological polar surface area (TPSA) is 85.8 Å². The van der Waals surface area contributed by atoms with Crippen LogP contribution in [0.3, 0.4) is 0 Å². The van der Waals surface area contributed by atoms with Crippen LogP contribution >= 0.6 is 23.4 Å². The number of carbonyl (C=O) groups is 1. The number of nitrogens with zero attached hydrogens (tertiary/aromatic N) is 3. The van der Waals surface area contributed by atoms with Crippen molar-refractivity contribution in [3.05, 3.63) is 29.3 Å². The molecule has 8 heteroatoms. The quantitative estimate of drug-likeness (QED) is 0.362. The zero-order valence-electron chi connectivity index (χ0n) is 15.2. The van der Waals surface area contributed by atoms with Gasteiger partial charge >= 0.3 is 0 Å². The van der Waals surface area contributed by atoms with E-state index in [1.54, 1.807) is 12.1 Å². The van der Waals surface area contributed by atoms with Crippen molar-refractivity contribution in [3.8, 4) is 11.4 Å². The molecule has 142 valence electrons. The van der Waals surface area contributed by atoms with Crippen molar-refractivity contribution in [3.63, 3.8) is 0 Å². The minimum absolute atomic E-state index is 0.0194. The lowest BCUT2D eigenvalue weighted by molar-refractivity contribution is -0.119. The first-order valence-corrected chi connectivity index (χ1v) is 10.3. The van der Waals surface area contributed by atoms with Gasteiger partial charge in [0.15, 0.2) is 5.82 Å². The molecule has 0 bridgehead atoms. The molecule has 0 radical (unpaired) electrons. The fourth-order valence-electron chi connectivity index (χ4n) is 2.57. The molecule has 0 saturated carbocycles. The number of aromatic nitrogens is 3. The van der Waals surface area contributed by atoms with Crippen molar-refractivity contribution >= 4 is 29.3 Å². The highest BCUT2D eigenvalue weighted by atomic mass is 35.5. The van der Waals surface area contributed by atoms with E-state index in [0.29, 0.717) is 16.0 Å². The third kappa shape index (κ3) is 6.21. The molecule has 0 aliphatic rings. The van der Waals surface area contributed by atoms with E-state index in [2.05, 4.69) is 22.4 Å². The van der Waals surface area contributed by atoms with Gasteiger partial charge in [0.05, 0.1) is 5.75 Å². The van der Waals surface area contributed by atoms with E-state index in [1.165, 1.54) is 35.7 Å². The smallest absolute Gasteiger partial charge is 0.230 e. The Morgan fingerprint density at radius 1 is 1.27 bits per heavy atom. The van der Waals surface area contributed by atoms with Gasteiger partial charge in [0.2, 0.25) is 11.1 Å². The maximum atomic E-state index is 12.1. The highest BCUT2D eigenvalue weighted by Gasteiger charge is 2.14. The molecule has 1 atom stereocenters. The van der Waals surface area contributed by atoms with Crippen LogP contribution in [-0.2, 0) is 4.79 Å². The molecule has 0 unspecified atom stereocenters. The molecule has 6 nitrogen and oxygen atoms in total. The SMILES string of the molecule is CCCCCC[C@H](C)NC(=O)CSc1nnc(-c2ccc(Cl)cc2)n1N. The molecule has 3 N–H and O–H groups in total. The van der Waals surface area contributed by atoms with Crippen LogP contribution in [0.5, 0.6) is 0 Å². The number of hydrogen-bond donors (Lipinski definition) is 2. The van der Waals surface area contributed by atoms with Crippen LogP contribution in [0.25, 0.3) is 11.4 Å². The van der Waals surface area contributed by atoms with Gasteiger partial charge < -0.3 is 11.2 Å². The van der Waals surface area contributed by atoms with Gasteiger partial charge in [-0.2, -0.15) is 0 Å². The maximum absolute atomic E-state index is 12.1. The Kier molecular flexibility index (Phi) is 8.25. The number of amides is 1. The Balaban J connectivity index is 1.82. The van der Waals surface area contributed by atoms with Gasteiger partial charge in [0.25, 0.3) is 0 Å². The maximum Gasteiger partial charge on any atom is 0.230 e. The first-order valence-electron chi connectivity index (χ1n) is 8.89. The molecule has 0 fully saturated rings. The van der Waals surface area contributed by atoms with Crippen molar-refractivity contribution in [2.24, 2.45) is 0 Å². The van der Waals surface area contributed by atoms with E-state index in [1.807, 2.05) is 19.1 Å². The molecule has 0 spiro atoms. The molecule has 2 aromatic rings. The monoisotopic (exact) mass is 395 g/mol. The zero-order valence-corrected chi connectivity index (χ0v) is 16.8. The summed E-state index contributed by atoms with van der Waals surface area (Å²) in [6.07, 6.45) is 5.83. The third-order valence-corrected chi connectivity index (χ3v) is 5.19. The molecule has 0 aliphatic carbocycles. The van der Waals surface area contributed by atoms with Gasteiger partial charge in [0, 0.05) is 16.6 Å². The summed E-state index contributed by atoms with van der Waals surface area (Å²) in [7, 11) is 0. The molecule has 0 saturated heterocycles. The summed E-state index contributed by atoms with van der Waals surface area (Å²) in [5, 5.41) is 12.3. The standard InChI is InChI=1S/C18H26ClN5OS/c1-3-4-5-6-7-13(2)21-16(25)12-26-18-23-22-17(24(18)20)14-8-10-15(19)11-9-14/h8-11,13H,3-7,12,20H2,1-2H3,(H,21,25)/t13-/m0/s1. The predicted molar refractivity (Wildman–Crippen MR) is 108 cm³/mol. The molecule has 1 aromatic carbocycles. The fourth-order valence-corrected chi connectivity index (χ4v) is 3.36. The minimum atomic E-state index is -0.0194. The lowest BCUT2D eigenvalue weighted by Crippen LogP contribution is -2.33. The summed E-state index contributed by atoms with van der Waals surface area (Å²) < 4.78 is 1.40. The van der Waals surface area contributed by atoms with E-state index in [9.17, 15) is 4.79 Å².